The van der Waals surface area contributed by atoms with Crippen molar-refractivity contribution in [2.24, 2.45) is 0 Å². The van der Waals surface area contributed by atoms with E-state index in [1.165, 1.54) is 6.07 Å². The summed E-state index contributed by atoms with van der Waals surface area (Å²) in [5.41, 5.74) is -1.51. The van der Waals surface area contributed by atoms with Gasteiger partial charge in [0.1, 0.15) is 6.07 Å². The Morgan fingerprint density at radius 2 is 2.13 bits per heavy atom. The molecule has 3 nitrogen and oxygen atoms in total. The summed E-state index contributed by atoms with van der Waals surface area (Å²) in [5.74, 6) is -1.41. The van der Waals surface area contributed by atoms with E-state index in [0.717, 1.165) is 12.1 Å². The first-order chi connectivity index (χ1) is 6.97. The van der Waals surface area contributed by atoms with Crippen LogP contribution < -0.4 is 0 Å². The largest absolute Gasteiger partial charge is 0.478 e. The van der Waals surface area contributed by atoms with Gasteiger partial charge < -0.3 is 5.11 Å². The van der Waals surface area contributed by atoms with E-state index in [1.807, 2.05) is 0 Å². The number of carboxylic acids is 1. The number of aromatic carboxylic acids is 1. The highest BCUT2D eigenvalue weighted by molar-refractivity contribution is 9.10. The first-order valence-electron chi connectivity index (χ1n) is 3.72. The van der Waals surface area contributed by atoms with Gasteiger partial charge in [0.05, 0.1) is 11.1 Å². The molecule has 1 aromatic rings. The fourth-order valence-corrected chi connectivity index (χ4v) is 1.57. The van der Waals surface area contributed by atoms with E-state index in [2.05, 4.69) is 15.9 Å². The van der Waals surface area contributed by atoms with Gasteiger partial charge in [-0.3, -0.25) is 0 Å². The van der Waals surface area contributed by atoms with Gasteiger partial charge in [0.15, 0.2) is 0 Å². The average molecular weight is 276 g/mol. The first-order valence-corrected chi connectivity index (χ1v) is 4.51. The van der Waals surface area contributed by atoms with Gasteiger partial charge in [-0.25, -0.2) is 13.6 Å². The molecule has 1 aromatic carbocycles. The molecule has 0 radical (unpaired) electrons. The Kier molecular flexibility index (Phi) is 3.37. The molecule has 0 heterocycles. The van der Waals surface area contributed by atoms with Crippen LogP contribution in [0.1, 0.15) is 27.9 Å². The average Bonchev–Trinajstić information content (AvgIpc) is 2.16. The standard InChI is InChI=1S/C9H4BrF2NO2/c10-4-1-5(8(11)12)7(3-13)6(2-4)9(14)15/h1-2,8H,(H,14,15). The number of carboxylic acid groups (broad SMARTS) is 1. The summed E-state index contributed by atoms with van der Waals surface area (Å²) in [6, 6.07) is 3.63. The van der Waals surface area contributed by atoms with Gasteiger partial charge in [0.2, 0.25) is 0 Å². The van der Waals surface area contributed by atoms with Crippen molar-refractivity contribution in [2.45, 2.75) is 6.43 Å². The van der Waals surface area contributed by atoms with Gasteiger partial charge in [-0.05, 0) is 12.1 Å². The SMILES string of the molecule is N#Cc1c(C(=O)O)cc(Br)cc1C(F)F. The molecule has 0 aromatic heterocycles. The van der Waals surface area contributed by atoms with Crippen molar-refractivity contribution in [2.75, 3.05) is 0 Å². The van der Waals surface area contributed by atoms with Crippen molar-refractivity contribution < 1.29 is 18.7 Å². The highest BCUT2D eigenvalue weighted by Gasteiger charge is 2.20. The van der Waals surface area contributed by atoms with Crippen LogP contribution in [0.2, 0.25) is 0 Å². The Balaban J connectivity index is 3.54. The third kappa shape index (κ3) is 2.30. The number of hydrogen-bond acceptors (Lipinski definition) is 2. The second-order valence-electron chi connectivity index (χ2n) is 2.64. The minimum Gasteiger partial charge on any atom is -0.478 e. The van der Waals surface area contributed by atoms with Crippen LogP contribution in [0.25, 0.3) is 0 Å². The molecule has 0 atom stereocenters. The van der Waals surface area contributed by atoms with Crippen LogP contribution in [0, 0.1) is 11.3 Å². The highest BCUT2D eigenvalue weighted by Crippen LogP contribution is 2.28. The molecule has 0 spiro atoms. The molecule has 1 rings (SSSR count). The van der Waals surface area contributed by atoms with E-state index in [9.17, 15) is 13.6 Å². The zero-order valence-electron chi connectivity index (χ0n) is 7.17. The number of alkyl halides is 2. The molecule has 0 bridgehead atoms. The van der Waals surface area contributed by atoms with Crippen molar-refractivity contribution in [1.29, 1.82) is 5.26 Å². The Morgan fingerprint density at radius 1 is 1.53 bits per heavy atom. The molecule has 6 heteroatoms. The monoisotopic (exact) mass is 275 g/mol. The summed E-state index contributed by atoms with van der Waals surface area (Å²) in [7, 11) is 0. The molecule has 78 valence electrons. The smallest absolute Gasteiger partial charge is 0.337 e. The Morgan fingerprint density at radius 3 is 2.53 bits per heavy atom. The zero-order chi connectivity index (χ0) is 11.6. The molecule has 15 heavy (non-hydrogen) atoms. The van der Waals surface area contributed by atoms with Gasteiger partial charge >= 0.3 is 5.97 Å². The van der Waals surface area contributed by atoms with E-state index in [4.69, 9.17) is 10.4 Å². The van der Waals surface area contributed by atoms with E-state index >= 15 is 0 Å². The minimum absolute atomic E-state index is 0.203. The Labute approximate surface area is 92.1 Å². The Hall–Kier alpha value is -1.48. The maximum atomic E-state index is 12.5. The molecule has 0 aliphatic heterocycles. The zero-order valence-corrected chi connectivity index (χ0v) is 8.75. The predicted molar refractivity (Wildman–Crippen MR) is 50.8 cm³/mol. The number of rotatable bonds is 2. The summed E-state index contributed by atoms with van der Waals surface area (Å²) in [4.78, 5) is 10.7. The van der Waals surface area contributed by atoms with E-state index in [-0.39, 0.29) is 4.47 Å². The third-order valence-corrected chi connectivity index (χ3v) is 2.17. The summed E-state index contributed by atoms with van der Waals surface area (Å²) in [6.45, 7) is 0. The summed E-state index contributed by atoms with van der Waals surface area (Å²) in [5, 5.41) is 17.3. The number of benzene rings is 1. The normalized spacial score (nSPS) is 10.1. The number of carbonyl (C=O) groups is 1. The van der Waals surface area contributed by atoms with E-state index in [1.54, 1.807) is 0 Å². The molecule has 0 amide bonds. The summed E-state index contributed by atoms with van der Waals surface area (Å²) in [6.07, 6.45) is -2.88. The molecule has 0 fully saturated rings. The molecule has 0 aliphatic carbocycles. The number of nitriles is 1. The van der Waals surface area contributed by atoms with Gasteiger partial charge in [0, 0.05) is 10.0 Å². The molecule has 0 unspecified atom stereocenters. The molecule has 0 aliphatic rings. The molecule has 1 N–H and O–H groups in total. The lowest BCUT2D eigenvalue weighted by molar-refractivity contribution is 0.0696. The van der Waals surface area contributed by atoms with E-state index < -0.39 is 29.1 Å². The van der Waals surface area contributed by atoms with Gasteiger partial charge in [-0.2, -0.15) is 5.26 Å². The lowest BCUT2D eigenvalue weighted by Crippen LogP contribution is -2.04. The van der Waals surface area contributed by atoms with Crippen molar-refractivity contribution in [3.05, 3.63) is 33.3 Å². The van der Waals surface area contributed by atoms with Gasteiger partial charge in [0.25, 0.3) is 6.43 Å². The first kappa shape index (κ1) is 11.6. The predicted octanol–water partition coefficient (Wildman–Crippen LogP) is 2.96. The van der Waals surface area contributed by atoms with Crippen LogP contribution >= 0.6 is 15.9 Å². The van der Waals surface area contributed by atoms with Gasteiger partial charge in [-0.15, -0.1) is 0 Å². The molecular formula is C9H4BrF2NO2. The van der Waals surface area contributed by atoms with Crippen LogP contribution in [0.4, 0.5) is 8.78 Å². The van der Waals surface area contributed by atoms with Gasteiger partial charge in [-0.1, -0.05) is 15.9 Å². The van der Waals surface area contributed by atoms with E-state index in [0.29, 0.717) is 0 Å². The highest BCUT2D eigenvalue weighted by atomic mass is 79.9. The number of hydrogen-bond donors (Lipinski definition) is 1. The van der Waals surface area contributed by atoms with Crippen molar-refractivity contribution >= 4 is 21.9 Å². The quantitative estimate of drug-likeness (QED) is 0.903. The number of halogens is 3. The van der Waals surface area contributed by atoms with Crippen LogP contribution in [-0.2, 0) is 0 Å². The Bertz CT molecular complexity index is 454. The van der Waals surface area contributed by atoms with Crippen molar-refractivity contribution in [1.82, 2.24) is 0 Å². The van der Waals surface area contributed by atoms with Crippen LogP contribution in [0.5, 0.6) is 0 Å². The fourth-order valence-electron chi connectivity index (χ4n) is 1.09. The lowest BCUT2D eigenvalue weighted by Gasteiger charge is -2.06. The maximum Gasteiger partial charge on any atom is 0.337 e. The maximum absolute atomic E-state index is 12.5. The lowest BCUT2D eigenvalue weighted by atomic mass is 10.0. The molecule has 0 saturated heterocycles. The second kappa shape index (κ2) is 4.36. The van der Waals surface area contributed by atoms with Crippen LogP contribution in [-0.4, -0.2) is 11.1 Å². The number of nitrogens with zero attached hydrogens (tertiary/aromatic N) is 1. The third-order valence-electron chi connectivity index (χ3n) is 1.71. The van der Waals surface area contributed by atoms with Crippen LogP contribution in [0.15, 0.2) is 16.6 Å². The fraction of sp³-hybridized carbons (Fsp3) is 0.111. The second-order valence-corrected chi connectivity index (χ2v) is 3.55. The summed E-state index contributed by atoms with van der Waals surface area (Å²) >= 11 is 2.91. The van der Waals surface area contributed by atoms with Crippen molar-refractivity contribution in [3.63, 3.8) is 0 Å². The van der Waals surface area contributed by atoms with Crippen molar-refractivity contribution in [3.8, 4) is 6.07 Å². The minimum atomic E-state index is -2.88. The molecule has 0 saturated carbocycles. The van der Waals surface area contributed by atoms with Crippen LogP contribution in [0.3, 0.4) is 0 Å². The topological polar surface area (TPSA) is 61.1 Å². The summed E-state index contributed by atoms with van der Waals surface area (Å²) < 4.78 is 25.1. The molecular weight excluding hydrogens is 272 g/mol.